The zero-order valence-corrected chi connectivity index (χ0v) is 31.1. The molecule has 0 fully saturated rings. The highest BCUT2D eigenvalue weighted by molar-refractivity contribution is 7.81. The smallest absolute Gasteiger partial charge is 0.143 e. The van der Waals surface area contributed by atoms with Gasteiger partial charge in [0.15, 0.2) is 0 Å². The van der Waals surface area contributed by atoms with Crippen LogP contribution in [0.5, 0.6) is 17.2 Å². The van der Waals surface area contributed by atoms with Gasteiger partial charge in [0, 0.05) is 21.5 Å². The van der Waals surface area contributed by atoms with Crippen LogP contribution in [-0.4, -0.2) is 7.11 Å². The molecule has 0 radical (unpaired) electrons. The maximum absolute atomic E-state index is 6.93. The molecule has 3 heteroatoms. The number of methoxy groups -OCH3 is 1. The van der Waals surface area contributed by atoms with Crippen LogP contribution in [0.3, 0.4) is 0 Å². The van der Waals surface area contributed by atoms with Crippen molar-refractivity contribution in [1.29, 1.82) is 0 Å². The number of benzene rings is 7. The van der Waals surface area contributed by atoms with E-state index in [1.54, 1.807) is 7.11 Å². The lowest BCUT2D eigenvalue weighted by molar-refractivity contribution is 0.418. The molecular weight excluding hydrogens is 640 g/mol. The Morgan fingerprint density at radius 1 is 0.608 bits per heavy atom. The van der Waals surface area contributed by atoms with Crippen molar-refractivity contribution in [2.45, 2.75) is 34.6 Å². The first-order valence-electron chi connectivity index (χ1n) is 17.5. The summed E-state index contributed by atoms with van der Waals surface area (Å²) in [5, 5.41) is 6.09. The van der Waals surface area contributed by atoms with Crippen molar-refractivity contribution in [3.8, 4) is 50.6 Å². The summed E-state index contributed by atoms with van der Waals surface area (Å²) in [4.78, 5) is 0. The third-order valence-electron chi connectivity index (χ3n) is 9.53. The number of para-hydroxylation sites is 1. The van der Waals surface area contributed by atoms with E-state index in [-0.39, 0.29) is 0 Å². The largest absolute Gasteiger partial charge is 0.496 e. The SMILES string of the molecule is CC=C(C)C.COc1ccc(C)cc1P1c2cccc(-c3ccc(-c4ccccc4-c4ccccc4)c(C)c3)c2Oc2ccc3ccccc3c21. The van der Waals surface area contributed by atoms with E-state index in [1.807, 2.05) is 6.92 Å². The lowest BCUT2D eigenvalue weighted by atomic mass is 9.90. The first-order chi connectivity index (χ1) is 24.9. The molecule has 7 aromatic rings. The molecule has 252 valence electrons. The number of ether oxygens (including phenoxy) is 2. The van der Waals surface area contributed by atoms with Crippen LogP contribution in [0.2, 0.25) is 0 Å². The van der Waals surface area contributed by atoms with Crippen LogP contribution in [0.15, 0.2) is 157 Å². The molecule has 1 heterocycles. The Morgan fingerprint density at radius 2 is 1.31 bits per heavy atom. The maximum Gasteiger partial charge on any atom is 0.143 e. The Balaban J connectivity index is 0.000000761. The third kappa shape index (κ3) is 6.73. The molecule has 1 aliphatic rings. The number of rotatable bonds is 5. The van der Waals surface area contributed by atoms with E-state index in [0.29, 0.717) is 0 Å². The summed E-state index contributed by atoms with van der Waals surface area (Å²) in [6.07, 6.45) is 2.08. The molecule has 0 saturated carbocycles. The van der Waals surface area contributed by atoms with Crippen molar-refractivity contribution in [2.24, 2.45) is 0 Å². The summed E-state index contributed by atoms with van der Waals surface area (Å²) < 4.78 is 12.9. The molecule has 2 nitrogen and oxygen atoms in total. The minimum Gasteiger partial charge on any atom is -0.496 e. The molecule has 1 atom stereocenters. The van der Waals surface area contributed by atoms with Gasteiger partial charge >= 0.3 is 0 Å². The topological polar surface area (TPSA) is 18.5 Å². The fourth-order valence-electron chi connectivity index (χ4n) is 6.76. The molecule has 7 aromatic carbocycles. The van der Waals surface area contributed by atoms with Crippen LogP contribution in [0.25, 0.3) is 44.2 Å². The lowest BCUT2D eigenvalue weighted by Crippen LogP contribution is -2.29. The zero-order valence-electron chi connectivity index (χ0n) is 30.2. The summed E-state index contributed by atoms with van der Waals surface area (Å²) in [7, 11) is 0.792. The predicted octanol–water partition coefficient (Wildman–Crippen LogP) is 12.3. The van der Waals surface area contributed by atoms with Gasteiger partial charge in [-0.2, -0.15) is 0 Å². The number of fused-ring (bicyclic) bond motifs is 4. The van der Waals surface area contributed by atoms with Gasteiger partial charge in [0.05, 0.1) is 7.11 Å². The number of allylic oxidation sites excluding steroid dienone is 2. The number of hydrogen-bond donors (Lipinski definition) is 0. The fourth-order valence-corrected chi connectivity index (χ4v) is 9.61. The summed E-state index contributed by atoms with van der Waals surface area (Å²) in [6, 6.07) is 52.2. The van der Waals surface area contributed by atoms with Crippen molar-refractivity contribution >= 4 is 34.6 Å². The molecule has 1 unspecified atom stereocenters. The Morgan fingerprint density at radius 3 is 2.06 bits per heavy atom. The van der Waals surface area contributed by atoms with Crippen molar-refractivity contribution in [3.05, 3.63) is 168 Å². The summed E-state index contributed by atoms with van der Waals surface area (Å²) in [5.41, 5.74) is 11.0. The molecule has 1 aliphatic heterocycles. The van der Waals surface area contributed by atoms with Gasteiger partial charge in [-0.1, -0.05) is 145 Å². The Hall–Kier alpha value is -5.43. The van der Waals surface area contributed by atoms with E-state index in [4.69, 9.17) is 9.47 Å². The second-order valence-electron chi connectivity index (χ2n) is 13.2. The first-order valence-corrected chi connectivity index (χ1v) is 18.8. The highest BCUT2D eigenvalue weighted by Crippen LogP contribution is 2.51. The average Bonchev–Trinajstić information content (AvgIpc) is 3.17. The van der Waals surface area contributed by atoms with Gasteiger partial charge in [-0.3, -0.25) is 0 Å². The maximum atomic E-state index is 6.93. The molecule has 0 aromatic heterocycles. The van der Waals surface area contributed by atoms with Crippen molar-refractivity contribution in [3.63, 3.8) is 0 Å². The minimum atomic E-state index is -0.978. The van der Waals surface area contributed by atoms with Gasteiger partial charge < -0.3 is 9.47 Å². The van der Waals surface area contributed by atoms with Crippen molar-refractivity contribution in [2.75, 3.05) is 7.11 Å². The van der Waals surface area contributed by atoms with Gasteiger partial charge in [0.2, 0.25) is 0 Å². The standard InChI is InChI=1S/C43H33O2P.C5H10/c1-28-20-24-38(44-3)41(26-28)46-40-19-11-18-35(42(40)45-39-25-22-31-14-7-8-16-36(31)43(39)46)32-21-23-33(29(2)27-32)37-17-10-9-15-34(37)30-12-5-4-6-13-30;1-4-5(2)3/h4-27H,1-3H3;4H,1-3H3. The van der Waals surface area contributed by atoms with Gasteiger partial charge in [-0.25, -0.2) is 0 Å². The molecule has 0 bridgehead atoms. The normalized spacial score (nSPS) is 12.9. The molecule has 51 heavy (non-hydrogen) atoms. The highest BCUT2D eigenvalue weighted by Gasteiger charge is 2.34. The zero-order chi connectivity index (χ0) is 35.5. The van der Waals surface area contributed by atoms with E-state index in [0.717, 1.165) is 28.4 Å². The Labute approximate surface area is 303 Å². The average molecular weight is 683 g/mol. The van der Waals surface area contributed by atoms with Gasteiger partial charge in [0.25, 0.3) is 0 Å². The van der Waals surface area contributed by atoms with E-state index in [2.05, 4.69) is 179 Å². The highest BCUT2D eigenvalue weighted by atomic mass is 31.1. The second-order valence-corrected chi connectivity index (χ2v) is 15.3. The second kappa shape index (κ2) is 14.8. The lowest BCUT2D eigenvalue weighted by Gasteiger charge is -2.32. The van der Waals surface area contributed by atoms with Gasteiger partial charge in [-0.15, -0.1) is 0 Å². The van der Waals surface area contributed by atoms with Crippen LogP contribution >= 0.6 is 7.92 Å². The molecular formula is C48H43O2P. The van der Waals surface area contributed by atoms with E-state index >= 15 is 0 Å². The molecule has 8 rings (SSSR count). The summed E-state index contributed by atoms with van der Waals surface area (Å²) in [5.74, 6) is 2.75. The van der Waals surface area contributed by atoms with Crippen LogP contribution in [-0.2, 0) is 0 Å². The monoisotopic (exact) mass is 682 g/mol. The van der Waals surface area contributed by atoms with Crippen LogP contribution in [0.1, 0.15) is 31.9 Å². The Bertz CT molecular complexity index is 2380. The van der Waals surface area contributed by atoms with Crippen molar-refractivity contribution < 1.29 is 9.47 Å². The predicted molar refractivity (Wildman–Crippen MR) is 220 cm³/mol. The molecule has 0 saturated heterocycles. The quantitative estimate of drug-likeness (QED) is 0.133. The fraction of sp³-hybridized carbons (Fsp3) is 0.125. The molecule has 0 aliphatic carbocycles. The molecule has 0 spiro atoms. The Kier molecular flexibility index (Phi) is 9.89. The first kappa shape index (κ1) is 34.0. The molecule has 0 amide bonds. The van der Waals surface area contributed by atoms with E-state index in [1.165, 1.54) is 65.6 Å². The molecule has 0 N–H and O–H groups in total. The summed E-state index contributed by atoms with van der Waals surface area (Å²) >= 11 is 0. The van der Waals surface area contributed by atoms with Crippen LogP contribution in [0, 0.1) is 13.8 Å². The number of aryl methyl sites for hydroxylation is 2. The van der Waals surface area contributed by atoms with E-state index in [9.17, 15) is 0 Å². The van der Waals surface area contributed by atoms with Gasteiger partial charge in [0.1, 0.15) is 17.2 Å². The van der Waals surface area contributed by atoms with Gasteiger partial charge in [-0.05, 0) is 105 Å². The number of hydrogen-bond acceptors (Lipinski definition) is 2. The minimum absolute atomic E-state index is 0.908. The van der Waals surface area contributed by atoms with Crippen LogP contribution in [0.4, 0.5) is 0 Å². The van der Waals surface area contributed by atoms with Crippen molar-refractivity contribution in [1.82, 2.24) is 0 Å². The summed E-state index contributed by atoms with van der Waals surface area (Å²) in [6.45, 7) is 10.6. The van der Waals surface area contributed by atoms with Crippen LogP contribution < -0.4 is 25.4 Å². The third-order valence-corrected chi connectivity index (χ3v) is 12.1. The van der Waals surface area contributed by atoms with E-state index < -0.39 is 7.92 Å².